The summed E-state index contributed by atoms with van der Waals surface area (Å²) < 4.78 is 0. The van der Waals surface area contributed by atoms with Crippen molar-refractivity contribution in [2.75, 3.05) is 12.3 Å². The van der Waals surface area contributed by atoms with Crippen molar-refractivity contribution in [3.8, 4) is 0 Å². The van der Waals surface area contributed by atoms with Crippen LogP contribution in [-0.4, -0.2) is 39.7 Å². The monoisotopic (exact) mass is 470 g/mol. The number of halogens is 1. The molecule has 0 saturated heterocycles. The maximum absolute atomic E-state index is 11.0. The van der Waals surface area contributed by atoms with Gasteiger partial charge in [-0.05, 0) is 11.8 Å². The van der Waals surface area contributed by atoms with E-state index in [0.717, 1.165) is 11.8 Å². The molecule has 140 valence electrons. The van der Waals surface area contributed by atoms with Crippen molar-refractivity contribution in [2.45, 2.75) is 70.9 Å². The van der Waals surface area contributed by atoms with Crippen LogP contribution in [0.4, 0.5) is 0 Å². The average Bonchev–Trinajstić information content (AvgIpc) is 2.43. The van der Waals surface area contributed by atoms with Gasteiger partial charge in [-0.15, -0.1) is 17.0 Å². The number of nitrogens with zero attached hydrogens (tertiary/aromatic N) is 1. The first-order chi connectivity index (χ1) is 10.2. The van der Waals surface area contributed by atoms with Crippen molar-refractivity contribution in [1.82, 2.24) is 0 Å². The molecule has 0 aromatic carbocycles. The minimum absolute atomic E-state index is 0. The van der Waals surface area contributed by atoms with Gasteiger partial charge in [-0.1, -0.05) is 13.8 Å². The van der Waals surface area contributed by atoms with Crippen molar-refractivity contribution in [2.24, 2.45) is 28.5 Å². The summed E-state index contributed by atoms with van der Waals surface area (Å²) in [5.41, 5.74) is 5.52. The fraction of sp³-hybridized carbons (Fsp3) is 0.941. The van der Waals surface area contributed by atoms with Gasteiger partial charge in [0.1, 0.15) is 0 Å². The predicted octanol–water partition coefficient (Wildman–Crippen LogP) is 3.47. The van der Waals surface area contributed by atoms with Gasteiger partial charge in [0.25, 0.3) is 0 Å². The summed E-state index contributed by atoms with van der Waals surface area (Å²) in [6.07, 6.45) is 2.94. The van der Waals surface area contributed by atoms with Crippen molar-refractivity contribution < 1.29 is 5.11 Å². The normalized spacial score (nSPS) is 12.9. The number of rotatable bonds is 10. The average molecular weight is 470 g/mol. The second-order valence-electron chi connectivity index (χ2n) is 6.81. The van der Waals surface area contributed by atoms with Gasteiger partial charge in [0.2, 0.25) is 0 Å². The zero-order chi connectivity index (χ0) is 17.5. The van der Waals surface area contributed by atoms with Crippen molar-refractivity contribution in [1.29, 1.82) is 0 Å². The first kappa shape index (κ1) is 28.6. The zero-order valence-corrected chi connectivity index (χ0v) is 20.4. The molecule has 1 unspecified atom stereocenters. The molecule has 0 aliphatic carbocycles. The van der Waals surface area contributed by atoms with E-state index in [1.54, 1.807) is 10.5 Å². The van der Waals surface area contributed by atoms with Crippen molar-refractivity contribution in [3.05, 3.63) is 0 Å². The van der Waals surface area contributed by atoms with Crippen LogP contribution < -0.4 is 10.8 Å². The van der Waals surface area contributed by atoms with Crippen LogP contribution in [-0.2, 0) is 12.6 Å². The summed E-state index contributed by atoms with van der Waals surface area (Å²) in [5, 5.41) is 14.1. The Morgan fingerprint density at radius 3 is 1.78 bits per heavy atom. The van der Waals surface area contributed by atoms with E-state index in [9.17, 15) is 5.11 Å². The molecule has 0 aromatic heterocycles. The van der Waals surface area contributed by atoms with Crippen molar-refractivity contribution >= 4 is 50.9 Å². The molecule has 0 rings (SSSR count). The van der Waals surface area contributed by atoms with E-state index in [0.29, 0.717) is 27.7 Å². The number of aliphatic imine (C=N–C) groups is 1. The van der Waals surface area contributed by atoms with Crippen LogP contribution in [0.1, 0.15) is 54.4 Å². The van der Waals surface area contributed by atoms with Crippen molar-refractivity contribution in [3.63, 3.8) is 0 Å². The van der Waals surface area contributed by atoms with Gasteiger partial charge in [0.05, 0.1) is 0 Å². The Bertz CT molecular complexity index is 267. The van der Waals surface area contributed by atoms with Gasteiger partial charge >= 0.3 is 78.3 Å². The van der Waals surface area contributed by atoms with E-state index >= 15 is 0 Å². The third kappa shape index (κ3) is 22.8. The number of hydrogen-bond donors (Lipinski definition) is 1. The fourth-order valence-corrected chi connectivity index (χ4v) is 5.35. The predicted molar refractivity (Wildman–Crippen MR) is 112 cm³/mol. The molecule has 0 aliphatic heterocycles. The maximum atomic E-state index is 11.0. The summed E-state index contributed by atoms with van der Waals surface area (Å²) in [4.78, 5) is 3.70. The second kappa shape index (κ2) is 19.1. The Labute approximate surface area is 167 Å². The van der Waals surface area contributed by atoms with E-state index in [2.05, 4.69) is 45.3 Å². The van der Waals surface area contributed by atoms with Gasteiger partial charge in [-0.25, -0.2) is 0 Å². The molecule has 2 radical (unpaired) electrons. The van der Waals surface area contributed by atoms with E-state index in [1.807, 2.05) is 13.8 Å². The Morgan fingerprint density at radius 1 is 1.04 bits per heavy atom. The standard InChI is InChI=1S/C10H22Ge.C7H16N2OS.BrH/c1-9(2)5-7-11-8-6-10(3)4;1-5(2)6(8)7(10)9-3-4-11;/h9-10H,5-8H2,1-4H3;5-6,11H,3-4,8H2,1-2H3,(H,9,10);1H/p-2. The van der Waals surface area contributed by atoms with Gasteiger partial charge in [0.15, 0.2) is 0 Å². The quantitative estimate of drug-likeness (QED) is 0.175. The molecule has 0 fully saturated rings. The molecule has 1 atom stereocenters. The fourth-order valence-electron chi connectivity index (χ4n) is 1.45. The van der Waals surface area contributed by atoms with Gasteiger partial charge in [0, 0.05) is 12.6 Å². The van der Waals surface area contributed by atoms with Crippen LogP contribution in [0.5, 0.6) is 0 Å². The Balaban J connectivity index is -0.000000333. The van der Waals surface area contributed by atoms with Crippen LogP contribution in [0, 0.1) is 17.8 Å². The molecule has 0 heterocycles. The zero-order valence-electron chi connectivity index (χ0n) is 15.8. The minimum atomic E-state index is -0.462. The van der Waals surface area contributed by atoms with E-state index in [4.69, 9.17) is 5.73 Å². The van der Waals surface area contributed by atoms with Crippen LogP contribution in [0.25, 0.3) is 0 Å². The van der Waals surface area contributed by atoms with Crippen LogP contribution in [0.2, 0.25) is 10.5 Å². The van der Waals surface area contributed by atoms with E-state index in [-0.39, 0.29) is 28.8 Å². The summed E-state index contributed by atoms with van der Waals surface area (Å²) >= 11 is 5.07. The molecule has 23 heavy (non-hydrogen) atoms. The molecule has 0 amide bonds. The van der Waals surface area contributed by atoms with E-state index < -0.39 is 6.04 Å². The Morgan fingerprint density at radius 2 is 1.48 bits per heavy atom. The Kier molecular flexibility index (Phi) is 23.8. The molecule has 0 aliphatic rings. The third-order valence-corrected chi connectivity index (χ3v) is 6.04. The topological polar surface area (TPSA) is 61.4 Å². The van der Waals surface area contributed by atoms with Gasteiger partial charge < -0.3 is 28.5 Å². The number of nitrogens with two attached hydrogens (primary N) is 1. The molecule has 0 spiro atoms. The Hall–Kier alpha value is 0.803. The first-order valence-electron chi connectivity index (χ1n) is 8.48. The second-order valence-corrected chi connectivity index (χ2v) is 10.4. The van der Waals surface area contributed by atoms with E-state index in [1.165, 1.54) is 12.8 Å². The molecule has 0 bridgehead atoms. The molecular weight excluding hydrogens is 433 g/mol. The van der Waals surface area contributed by atoms with Gasteiger partial charge in [-0.2, -0.15) is 5.75 Å². The third-order valence-electron chi connectivity index (χ3n) is 3.16. The molecule has 0 aromatic rings. The molecule has 6 heteroatoms. The molecule has 0 saturated carbocycles. The first-order valence-corrected chi connectivity index (χ1v) is 12.0. The molecule has 2 N–H and O–H groups in total. The van der Waals surface area contributed by atoms with Gasteiger partial charge in [-0.3, -0.25) is 0 Å². The summed E-state index contributed by atoms with van der Waals surface area (Å²) in [6, 6.07) is -0.462. The molecular formula is C17H37BrGeN2OS-2. The summed E-state index contributed by atoms with van der Waals surface area (Å²) in [5.74, 6) is 2.26. The van der Waals surface area contributed by atoms with Crippen LogP contribution >= 0.6 is 17.0 Å². The summed E-state index contributed by atoms with van der Waals surface area (Å²) in [6.45, 7) is 13.5. The molecule has 3 nitrogen and oxygen atoms in total. The van der Waals surface area contributed by atoms with Crippen LogP contribution in [0.3, 0.4) is 0 Å². The summed E-state index contributed by atoms with van der Waals surface area (Å²) in [7, 11) is 0. The van der Waals surface area contributed by atoms with Crippen LogP contribution in [0.15, 0.2) is 4.99 Å². The number of hydrogen-bond acceptors (Lipinski definition) is 4. The SMILES string of the molecule is Br.CC(C)C(N)C([O-])=NCC[S-].CC(C)C[CH2][Ge][CH2]CC(C)C.